The number of hydrogen-bond acceptors (Lipinski definition) is 2. The van der Waals surface area contributed by atoms with Crippen molar-refractivity contribution in [2.24, 2.45) is 0 Å². The van der Waals surface area contributed by atoms with E-state index in [0.29, 0.717) is 0 Å². The minimum Gasteiger partial charge on any atom is -0.399 e. The summed E-state index contributed by atoms with van der Waals surface area (Å²) in [5, 5.41) is 0. The molecule has 0 spiro atoms. The van der Waals surface area contributed by atoms with Crippen molar-refractivity contribution < 1.29 is 0 Å². The summed E-state index contributed by atoms with van der Waals surface area (Å²) in [7, 11) is 0. The number of hydrogen-bond donors (Lipinski definition) is 1. The molecule has 2 aromatic heterocycles. The van der Waals surface area contributed by atoms with Gasteiger partial charge in [0.1, 0.15) is 5.65 Å². The van der Waals surface area contributed by atoms with Crippen LogP contribution >= 0.6 is 0 Å². The zero-order valence-electron chi connectivity index (χ0n) is 13.8. The molecule has 24 heavy (non-hydrogen) atoms. The summed E-state index contributed by atoms with van der Waals surface area (Å²) in [5.74, 6) is 0. The third kappa shape index (κ3) is 2.44. The van der Waals surface area contributed by atoms with Gasteiger partial charge in [-0.15, -0.1) is 0 Å². The predicted molar refractivity (Wildman–Crippen MR) is 100.0 cm³/mol. The molecule has 0 amide bonds. The van der Waals surface area contributed by atoms with Crippen LogP contribution in [0.3, 0.4) is 0 Å². The molecule has 0 fully saturated rings. The van der Waals surface area contributed by atoms with Gasteiger partial charge in [0.05, 0.1) is 11.9 Å². The molecule has 0 radical (unpaired) electrons. The van der Waals surface area contributed by atoms with Crippen molar-refractivity contribution in [2.45, 2.75) is 13.8 Å². The average molecular weight is 313 g/mol. The minimum atomic E-state index is 0.766. The van der Waals surface area contributed by atoms with Gasteiger partial charge in [0, 0.05) is 17.4 Å². The van der Waals surface area contributed by atoms with Crippen LogP contribution in [0.1, 0.15) is 11.1 Å². The maximum Gasteiger partial charge on any atom is 0.137 e. The topological polar surface area (TPSA) is 43.3 Å². The summed E-state index contributed by atoms with van der Waals surface area (Å²) in [6, 6.07) is 18.8. The Kier molecular flexibility index (Phi) is 3.35. The molecule has 0 aliphatic rings. The zero-order chi connectivity index (χ0) is 16.7. The van der Waals surface area contributed by atoms with Crippen LogP contribution in [0.4, 0.5) is 5.69 Å². The van der Waals surface area contributed by atoms with E-state index in [9.17, 15) is 0 Å². The lowest BCUT2D eigenvalue weighted by atomic mass is 10.0. The van der Waals surface area contributed by atoms with Gasteiger partial charge in [-0.05, 0) is 54.8 Å². The minimum absolute atomic E-state index is 0.766. The Labute approximate surface area is 141 Å². The molecule has 2 heterocycles. The van der Waals surface area contributed by atoms with Crippen LogP contribution in [-0.2, 0) is 0 Å². The van der Waals surface area contributed by atoms with Gasteiger partial charge in [-0.1, -0.05) is 35.9 Å². The van der Waals surface area contributed by atoms with Crippen molar-refractivity contribution in [1.82, 2.24) is 9.38 Å². The van der Waals surface area contributed by atoms with Crippen LogP contribution < -0.4 is 5.73 Å². The summed E-state index contributed by atoms with van der Waals surface area (Å²) < 4.78 is 2.11. The highest BCUT2D eigenvalue weighted by atomic mass is 15.0. The molecule has 0 aliphatic heterocycles. The van der Waals surface area contributed by atoms with Crippen LogP contribution in [0.15, 0.2) is 67.0 Å². The van der Waals surface area contributed by atoms with E-state index in [2.05, 4.69) is 65.8 Å². The second kappa shape index (κ2) is 5.53. The van der Waals surface area contributed by atoms with Gasteiger partial charge in [-0.25, -0.2) is 4.98 Å². The van der Waals surface area contributed by atoms with Crippen molar-refractivity contribution >= 4 is 11.3 Å². The van der Waals surface area contributed by atoms with E-state index in [1.54, 1.807) is 0 Å². The predicted octanol–water partition coefficient (Wildman–Crippen LogP) is 4.87. The fraction of sp³-hybridized carbons (Fsp3) is 0.0952. The first kappa shape index (κ1) is 14.5. The smallest absolute Gasteiger partial charge is 0.137 e. The Morgan fingerprint density at radius 2 is 1.67 bits per heavy atom. The van der Waals surface area contributed by atoms with Crippen LogP contribution in [0.2, 0.25) is 0 Å². The fourth-order valence-electron chi connectivity index (χ4n) is 3.02. The number of nitrogens with two attached hydrogens (primary N) is 1. The second-order valence-corrected chi connectivity index (χ2v) is 6.23. The van der Waals surface area contributed by atoms with Crippen molar-refractivity contribution in [3.63, 3.8) is 0 Å². The lowest BCUT2D eigenvalue weighted by Gasteiger charge is -2.08. The quantitative estimate of drug-likeness (QED) is 0.537. The normalized spacial score (nSPS) is 11.1. The van der Waals surface area contributed by atoms with E-state index in [4.69, 9.17) is 5.73 Å². The second-order valence-electron chi connectivity index (χ2n) is 6.23. The largest absolute Gasteiger partial charge is 0.399 e. The number of fused-ring (bicyclic) bond motifs is 1. The first-order valence-corrected chi connectivity index (χ1v) is 8.02. The van der Waals surface area contributed by atoms with Gasteiger partial charge in [-0.3, -0.25) is 4.40 Å². The molecular formula is C21H19N3. The van der Waals surface area contributed by atoms with E-state index in [1.807, 2.05) is 24.4 Å². The molecule has 2 aromatic carbocycles. The highest BCUT2D eigenvalue weighted by Crippen LogP contribution is 2.28. The molecule has 0 bridgehead atoms. The number of nitrogens with zero attached hydrogens (tertiary/aromatic N) is 2. The Morgan fingerprint density at radius 1 is 0.875 bits per heavy atom. The molecule has 4 aromatic rings. The van der Waals surface area contributed by atoms with Crippen molar-refractivity contribution in [2.75, 3.05) is 5.73 Å². The monoisotopic (exact) mass is 313 g/mol. The average Bonchev–Trinajstić information content (AvgIpc) is 3.00. The molecular weight excluding hydrogens is 294 g/mol. The van der Waals surface area contributed by atoms with E-state index < -0.39 is 0 Å². The van der Waals surface area contributed by atoms with Gasteiger partial charge >= 0.3 is 0 Å². The molecule has 3 nitrogen and oxygen atoms in total. The van der Waals surface area contributed by atoms with Crippen molar-refractivity contribution in [1.29, 1.82) is 0 Å². The Balaban J connectivity index is 1.84. The van der Waals surface area contributed by atoms with E-state index >= 15 is 0 Å². The van der Waals surface area contributed by atoms with Gasteiger partial charge < -0.3 is 5.73 Å². The lowest BCUT2D eigenvalue weighted by molar-refractivity contribution is 1.19. The SMILES string of the molecule is Cc1ccc(-c2ccn3c(-c4cc(N)ccc4C)cnc3c2)cc1. The number of rotatable bonds is 2. The van der Waals surface area contributed by atoms with Gasteiger partial charge in [0.15, 0.2) is 0 Å². The Hall–Kier alpha value is -3.07. The number of aryl methyl sites for hydroxylation is 2. The van der Waals surface area contributed by atoms with Gasteiger partial charge in [0.2, 0.25) is 0 Å². The van der Waals surface area contributed by atoms with Crippen molar-refractivity contribution in [3.8, 4) is 22.4 Å². The summed E-state index contributed by atoms with van der Waals surface area (Å²) >= 11 is 0. The number of aromatic nitrogens is 2. The lowest BCUT2D eigenvalue weighted by Crippen LogP contribution is -1.93. The van der Waals surface area contributed by atoms with Crippen LogP contribution in [0.25, 0.3) is 28.0 Å². The summed E-state index contributed by atoms with van der Waals surface area (Å²) in [6.07, 6.45) is 3.99. The first-order chi connectivity index (χ1) is 11.6. The zero-order valence-corrected chi connectivity index (χ0v) is 13.8. The molecule has 0 unspecified atom stereocenters. The Morgan fingerprint density at radius 3 is 2.46 bits per heavy atom. The Bertz CT molecular complexity index is 1030. The van der Waals surface area contributed by atoms with Crippen molar-refractivity contribution in [3.05, 3.63) is 78.1 Å². The summed E-state index contributed by atoms with van der Waals surface area (Å²) in [5.41, 5.74) is 14.7. The highest BCUT2D eigenvalue weighted by Gasteiger charge is 2.10. The van der Waals surface area contributed by atoms with E-state index in [-0.39, 0.29) is 0 Å². The number of nitrogen functional groups attached to an aromatic ring is 1. The van der Waals surface area contributed by atoms with Crippen LogP contribution in [0, 0.1) is 13.8 Å². The highest BCUT2D eigenvalue weighted by molar-refractivity contribution is 5.73. The standard InChI is InChI=1S/C21H19N3/c1-14-3-6-16(7-4-14)17-9-10-24-20(13-23-21(24)11-17)19-12-18(22)8-5-15(19)2/h3-13H,22H2,1-2H3. The maximum atomic E-state index is 5.96. The van der Waals surface area contributed by atoms with Gasteiger partial charge in [0.25, 0.3) is 0 Å². The molecule has 118 valence electrons. The summed E-state index contributed by atoms with van der Waals surface area (Å²) in [4.78, 5) is 4.59. The van der Waals surface area contributed by atoms with E-state index in [1.165, 1.54) is 22.3 Å². The number of imidazole rings is 1. The molecule has 2 N–H and O–H groups in total. The van der Waals surface area contributed by atoms with Gasteiger partial charge in [-0.2, -0.15) is 0 Å². The van der Waals surface area contributed by atoms with E-state index in [0.717, 1.165) is 22.6 Å². The van der Waals surface area contributed by atoms with Crippen LogP contribution in [-0.4, -0.2) is 9.38 Å². The number of pyridine rings is 1. The third-order valence-corrected chi connectivity index (χ3v) is 4.44. The third-order valence-electron chi connectivity index (χ3n) is 4.44. The number of benzene rings is 2. The molecule has 4 rings (SSSR count). The molecule has 3 heteroatoms. The molecule has 0 aliphatic carbocycles. The maximum absolute atomic E-state index is 5.96. The molecule has 0 atom stereocenters. The molecule has 0 saturated heterocycles. The first-order valence-electron chi connectivity index (χ1n) is 8.02. The van der Waals surface area contributed by atoms with Crippen LogP contribution in [0.5, 0.6) is 0 Å². The fourth-order valence-corrected chi connectivity index (χ4v) is 3.02. The number of anilines is 1. The molecule has 0 saturated carbocycles. The summed E-state index contributed by atoms with van der Waals surface area (Å²) in [6.45, 7) is 4.19.